The lowest BCUT2D eigenvalue weighted by atomic mass is 10.1. The normalized spacial score (nSPS) is 20.2. The van der Waals surface area contributed by atoms with Crippen molar-refractivity contribution in [3.63, 3.8) is 0 Å². The second kappa shape index (κ2) is 5.38. The van der Waals surface area contributed by atoms with E-state index in [0.717, 1.165) is 16.9 Å². The Bertz CT molecular complexity index is 576. The van der Waals surface area contributed by atoms with Crippen molar-refractivity contribution in [2.75, 3.05) is 29.5 Å². The molecule has 5 N–H and O–H groups in total. The van der Waals surface area contributed by atoms with E-state index in [1.165, 1.54) is 14.0 Å². The molecular weight excluding hydrogens is 272 g/mol. The molecule has 1 amide bonds. The molecular formula is C13H22N6O2. The Morgan fingerprint density at radius 1 is 1.48 bits per heavy atom. The third-order valence-electron chi connectivity index (χ3n) is 3.67. The van der Waals surface area contributed by atoms with Crippen LogP contribution in [0.5, 0.6) is 0 Å². The first-order valence-corrected chi connectivity index (χ1v) is 6.67. The highest BCUT2D eigenvalue weighted by molar-refractivity contribution is 5.87. The first kappa shape index (κ1) is 15.3. The van der Waals surface area contributed by atoms with Crippen LogP contribution in [-0.2, 0) is 9.63 Å². The zero-order chi connectivity index (χ0) is 15.8. The maximum atomic E-state index is 11.3. The molecule has 8 heteroatoms. The van der Waals surface area contributed by atoms with Crippen LogP contribution in [0, 0.1) is 13.8 Å². The van der Waals surface area contributed by atoms with Crippen LogP contribution in [0.25, 0.3) is 0 Å². The first-order valence-electron chi connectivity index (χ1n) is 6.67. The second-order valence-electron chi connectivity index (χ2n) is 5.39. The van der Waals surface area contributed by atoms with Gasteiger partial charge in [0.25, 0.3) is 0 Å². The van der Waals surface area contributed by atoms with Gasteiger partial charge in [0.15, 0.2) is 5.82 Å². The number of aromatic nitrogens is 1. The quantitative estimate of drug-likeness (QED) is 0.359. The zero-order valence-electron chi connectivity index (χ0n) is 13.0. The van der Waals surface area contributed by atoms with Crippen LogP contribution >= 0.6 is 0 Å². The number of hydrogen-bond donors (Lipinski definition) is 4. The van der Waals surface area contributed by atoms with Gasteiger partial charge in [0.2, 0.25) is 5.91 Å². The van der Waals surface area contributed by atoms with Crippen LogP contribution in [0.1, 0.15) is 25.1 Å². The van der Waals surface area contributed by atoms with Crippen LogP contribution in [0.2, 0.25) is 0 Å². The number of hydrazine groups is 1. The van der Waals surface area contributed by atoms with E-state index in [9.17, 15) is 4.79 Å². The van der Waals surface area contributed by atoms with Crippen LogP contribution < -0.4 is 27.0 Å². The van der Waals surface area contributed by atoms with Gasteiger partial charge in [-0.2, -0.15) is 0 Å². The molecule has 0 bridgehead atoms. The van der Waals surface area contributed by atoms with Gasteiger partial charge < -0.3 is 15.6 Å². The van der Waals surface area contributed by atoms with Gasteiger partial charge in [-0.25, -0.2) is 10.8 Å². The van der Waals surface area contributed by atoms with Crippen molar-refractivity contribution in [1.29, 1.82) is 0 Å². The summed E-state index contributed by atoms with van der Waals surface area (Å²) in [5.74, 6) is 5.97. The number of hydrogen-bond acceptors (Lipinski definition) is 7. The lowest BCUT2D eigenvalue weighted by Gasteiger charge is -2.22. The number of anilines is 3. The van der Waals surface area contributed by atoms with E-state index in [-0.39, 0.29) is 5.91 Å². The number of amides is 1. The summed E-state index contributed by atoms with van der Waals surface area (Å²) < 4.78 is 0. The SMILES string of the molecule is CONc1c(NN)nc(C)c(C)c1N1CC1(C)NC(C)=O. The molecule has 1 saturated heterocycles. The predicted molar refractivity (Wildman–Crippen MR) is 81.7 cm³/mol. The van der Waals surface area contributed by atoms with E-state index in [0.29, 0.717) is 18.1 Å². The number of nitrogens with two attached hydrogens (primary N) is 1. The number of rotatable bonds is 5. The molecule has 2 rings (SSSR count). The molecule has 21 heavy (non-hydrogen) atoms. The fraction of sp³-hybridized carbons (Fsp3) is 0.538. The Hall–Kier alpha value is -2.06. The van der Waals surface area contributed by atoms with E-state index >= 15 is 0 Å². The highest BCUT2D eigenvalue weighted by atomic mass is 16.6. The average molecular weight is 294 g/mol. The van der Waals surface area contributed by atoms with Crippen molar-refractivity contribution in [2.24, 2.45) is 5.84 Å². The molecule has 1 aliphatic rings. The van der Waals surface area contributed by atoms with Gasteiger partial charge in [-0.15, -0.1) is 0 Å². The fourth-order valence-corrected chi connectivity index (χ4v) is 2.50. The Kier molecular flexibility index (Phi) is 3.93. The Morgan fingerprint density at radius 3 is 2.67 bits per heavy atom. The molecule has 2 heterocycles. The Labute approximate surface area is 124 Å². The van der Waals surface area contributed by atoms with Crippen LogP contribution in [0.3, 0.4) is 0 Å². The van der Waals surface area contributed by atoms with Crippen LogP contribution in [0.4, 0.5) is 17.2 Å². The number of carbonyl (C=O) groups excluding carboxylic acids is 1. The van der Waals surface area contributed by atoms with Gasteiger partial charge >= 0.3 is 0 Å². The molecule has 1 aromatic heterocycles. The van der Waals surface area contributed by atoms with E-state index in [1.807, 2.05) is 20.8 Å². The number of nitrogens with zero attached hydrogens (tertiary/aromatic N) is 2. The molecule has 1 fully saturated rings. The maximum Gasteiger partial charge on any atom is 0.218 e. The summed E-state index contributed by atoms with van der Waals surface area (Å²) in [4.78, 5) is 22.8. The number of nitrogen functional groups attached to an aromatic ring is 1. The minimum absolute atomic E-state index is 0.0677. The predicted octanol–water partition coefficient (Wildman–Crippen LogP) is 0.630. The van der Waals surface area contributed by atoms with Crippen molar-refractivity contribution in [2.45, 2.75) is 33.4 Å². The molecule has 0 aromatic carbocycles. The fourth-order valence-electron chi connectivity index (χ4n) is 2.50. The first-order chi connectivity index (χ1) is 9.84. The molecule has 0 aliphatic carbocycles. The topological polar surface area (TPSA) is 104 Å². The number of pyridine rings is 1. The third-order valence-corrected chi connectivity index (χ3v) is 3.67. The summed E-state index contributed by atoms with van der Waals surface area (Å²) in [6, 6.07) is 0. The lowest BCUT2D eigenvalue weighted by Crippen LogP contribution is -2.37. The van der Waals surface area contributed by atoms with Crippen molar-refractivity contribution in [1.82, 2.24) is 10.3 Å². The molecule has 8 nitrogen and oxygen atoms in total. The Balaban J connectivity index is 2.48. The molecule has 1 aliphatic heterocycles. The summed E-state index contributed by atoms with van der Waals surface area (Å²) in [6.45, 7) is 8.07. The molecule has 1 aromatic rings. The number of carbonyl (C=O) groups is 1. The third kappa shape index (κ3) is 2.72. The molecule has 0 saturated carbocycles. The summed E-state index contributed by atoms with van der Waals surface area (Å²) in [5, 5.41) is 2.94. The van der Waals surface area contributed by atoms with Gasteiger partial charge in [0.05, 0.1) is 19.3 Å². The molecule has 0 radical (unpaired) electrons. The average Bonchev–Trinajstić information content (AvgIpc) is 3.03. The highest BCUT2D eigenvalue weighted by Gasteiger charge is 2.50. The smallest absolute Gasteiger partial charge is 0.218 e. The minimum Gasteiger partial charge on any atom is -0.341 e. The molecule has 0 spiro atoms. The van der Waals surface area contributed by atoms with Gasteiger partial charge in [-0.3, -0.25) is 15.1 Å². The molecule has 1 unspecified atom stereocenters. The second-order valence-corrected chi connectivity index (χ2v) is 5.39. The minimum atomic E-state index is -0.402. The van der Waals surface area contributed by atoms with E-state index in [1.54, 1.807) is 0 Å². The van der Waals surface area contributed by atoms with Gasteiger partial charge in [-0.1, -0.05) is 0 Å². The summed E-state index contributed by atoms with van der Waals surface area (Å²) in [7, 11) is 1.52. The number of aryl methyl sites for hydroxylation is 1. The van der Waals surface area contributed by atoms with Gasteiger partial charge in [0, 0.05) is 12.6 Å². The highest BCUT2D eigenvalue weighted by Crippen LogP contribution is 2.45. The van der Waals surface area contributed by atoms with E-state index < -0.39 is 5.66 Å². The lowest BCUT2D eigenvalue weighted by molar-refractivity contribution is -0.119. The van der Waals surface area contributed by atoms with E-state index in [2.05, 4.69) is 26.1 Å². The maximum absolute atomic E-state index is 11.3. The van der Waals surface area contributed by atoms with E-state index in [4.69, 9.17) is 10.7 Å². The largest absolute Gasteiger partial charge is 0.341 e. The number of nitrogens with one attached hydrogen (secondary N) is 3. The van der Waals surface area contributed by atoms with Gasteiger partial charge in [-0.05, 0) is 26.3 Å². The summed E-state index contributed by atoms with van der Waals surface area (Å²) in [5.41, 5.74) is 8.41. The van der Waals surface area contributed by atoms with Crippen LogP contribution in [-0.4, -0.2) is 30.2 Å². The van der Waals surface area contributed by atoms with Gasteiger partial charge in [0.1, 0.15) is 11.4 Å². The molecule has 1 atom stereocenters. The summed E-state index contributed by atoms with van der Waals surface area (Å²) >= 11 is 0. The molecule has 116 valence electrons. The van der Waals surface area contributed by atoms with Crippen molar-refractivity contribution < 1.29 is 9.63 Å². The van der Waals surface area contributed by atoms with Crippen LogP contribution in [0.15, 0.2) is 0 Å². The van der Waals surface area contributed by atoms with Crippen molar-refractivity contribution in [3.05, 3.63) is 11.3 Å². The summed E-state index contributed by atoms with van der Waals surface area (Å²) in [6.07, 6.45) is 0. The monoisotopic (exact) mass is 294 g/mol. The van der Waals surface area contributed by atoms with Crippen molar-refractivity contribution >= 4 is 23.1 Å². The Morgan fingerprint density at radius 2 is 2.14 bits per heavy atom. The standard InChI is InChI=1S/C13H22N6O2/c1-7-8(2)15-12(17-14)10(18-21-5)11(7)19-6-13(19,4)16-9(3)20/h18H,6,14H2,1-5H3,(H,15,17)(H,16,20). The van der Waals surface area contributed by atoms with Crippen molar-refractivity contribution in [3.8, 4) is 0 Å². The zero-order valence-corrected chi connectivity index (χ0v) is 13.0.